The molecule has 116 valence electrons. The number of benzene rings is 2. The number of anilines is 1. The summed E-state index contributed by atoms with van der Waals surface area (Å²) in [6, 6.07) is 14.4. The Bertz CT molecular complexity index is 928. The van der Waals surface area contributed by atoms with Crippen LogP contribution in [-0.2, 0) is 0 Å². The molecule has 1 N–H and O–H groups in total. The zero-order chi connectivity index (χ0) is 15.6. The number of nitrogens with zero attached hydrogens (tertiary/aromatic N) is 3. The van der Waals surface area contributed by atoms with E-state index in [1.807, 2.05) is 31.3 Å². The monoisotopic (exact) mass is 324 g/mol. The Morgan fingerprint density at radius 3 is 2.91 bits per heavy atom. The van der Waals surface area contributed by atoms with Crippen LogP contribution in [0, 0.1) is 6.92 Å². The first-order chi connectivity index (χ1) is 11.3. The molecule has 0 saturated heterocycles. The van der Waals surface area contributed by atoms with Gasteiger partial charge in [-0.25, -0.2) is 9.50 Å². The van der Waals surface area contributed by atoms with E-state index in [2.05, 4.69) is 39.7 Å². The zero-order valence-electron chi connectivity index (χ0n) is 12.7. The van der Waals surface area contributed by atoms with Crippen molar-refractivity contribution in [2.24, 2.45) is 0 Å². The third-order valence-electron chi connectivity index (χ3n) is 3.53. The summed E-state index contributed by atoms with van der Waals surface area (Å²) < 4.78 is 7.60. The molecule has 0 aliphatic carbocycles. The summed E-state index contributed by atoms with van der Waals surface area (Å²) in [5.41, 5.74) is 0.981. The highest BCUT2D eigenvalue weighted by atomic mass is 32.1. The predicted octanol–water partition coefficient (Wildman–Crippen LogP) is 3.74. The quantitative estimate of drug-likeness (QED) is 0.568. The van der Waals surface area contributed by atoms with Crippen LogP contribution in [0.1, 0.15) is 5.69 Å². The van der Waals surface area contributed by atoms with Gasteiger partial charge in [0.1, 0.15) is 12.4 Å². The Morgan fingerprint density at radius 2 is 2.04 bits per heavy atom. The van der Waals surface area contributed by atoms with Crippen LogP contribution in [0.25, 0.3) is 15.7 Å². The summed E-state index contributed by atoms with van der Waals surface area (Å²) in [5.74, 6) is 0.884. The molecule has 0 aliphatic rings. The molecule has 0 spiro atoms. The van der Waals surface area contributed by atoms with E-state index < -0.39 is 0 Å². The lowest BCUT2D eigenvalue weighted by Crippen LogP contribution is -2.11. The minimum atomic E-state index is 0.583. The van der Waals surface area contributed by atoms with Crippen LogP contribution in [-0.4, -0.2) is 27.7 Å². The van der Waals surface area contributed by atoms with Gasteiger partial charge in [0.05, 0.1) is 18.4 Å². The lowest BCUT2D eigenvalue weighted by molar-refractivity contribution is 0.333. The molecule has 6 heteroatoms. The molecule has 0 unspecified atom stereocenters. The number of nitrogens with one attached hydrogen (secondary N) is 1. The van der Waals surface area contributed by atoms with Gasteiger partial charge in [0.15, 0.2) is 0 Å². The summed E-state index contributed by atoms with van der Waals surface area (Å²) in [5, 5.41) is 11.0. The number of rotatable bonds is 5. The van der Waals surface area contributed by atoms with E-state index in [1.54, 1.807) is 15.9 Å². The van der Waals surface area contributed by atoms with Gasteiger partial charge in [-0.3, -0.25) is 0 Å². The van der Waals surface area contributed by atoms with Gasteiger partial charge in [-0.1, -0.05) is 41.7 Å². The Morgan fingerprint density at radius 1 is 1.17 bits per heavy atom. The Hall–Kier alpha value is -2.60. The second-order valence-electron chi connectivity index (χ2n) is 5.30. The second-order valence-corrected chi connectivity index (χ2v) is 6.26. The lowest BCUT2D eigenvalue weighted by atomic mass is 10.1. The van der Waals surface area contributed by atoms with Crippen LogP contribution in [0.2, 0.25) is 0 Å². The lowest BCUT2D eigenvalue weighted by Gasteiger charge is -2.07. The molecule has 23 heavy (non-hydrogen) atoms. The fraction of sp³-hybridized carbons (Fsp3) is 0.176. The molecule has 2 aromatic heterocycles. The molecule has 0 aliphatic heterocycles. The van der Waals surface area contributed by atoms with Crippen molar-refractivity contribution < 1.29 is 4.74 Å². The summed E-state index contributed by atoms with van der Waals surface area (Å²) in [6.45, 7) is 3.24. The SMILES string of the molecule is Cc1cn2nc(NCCOc3ccc4ccccc4c3)sc2n1. The van der Waals surface area contributed by atoms with Crippen LogP contribution >= 0.6 is 11.3 Å². The number of ether oxygens (including phenoxy) is 1. The first kappa shape index (κ1) is 14.0. The molecule has 2 aromatic carbocycles. The van der Waals surface area contributed by atoms with Crippen molar-refractivity contribution in [3.63, 3.8) is 0 Å². The molecule has 2 heterocycles. The number of fused-ring (bicyclic) bond motifs is 2. The first-order valence-corrected chi connectivity index (χ1v) is 8.28. The standard InChI is InChI=1S/C17H16N4OS/c1-12-11-21-17(19-12)23-16(20-21)18-8-9-22-15-7-6-13-4-2-3-5-14(13)10-15/h2-7,10-11H,8-9H2,1H3,(H,18,20). The Balaban J connectivity index is 1.34. The normalized spacial score (nSPS) is 11.2. The van der Waals surface area contributed by atoms with Crippen molar-refractivity contribution in [1.82, 2.24) is 14.6 Å². The van der Waals surface area contributed by atoms with E-state index in [1.165, 1.54) is 10.8 Å². The molecule has 0 bridgehead atoms. The third-order valence-corrected chi connectivity index (χ3v) is 4.41. The van der Waals surface area contributed by atoms with Crippen molar-refractivity contribution in [3.8, 4) is 5.75 Å². The van der Waals surface area contributed by atoms with E-state index in [4.69, 9.17) is 4.74 Å². The third kappa shape index (κ3) is 2.98. The van der Waals surface area contributed by atoms with Gasteiger partial charge in [-0.15, -0.1) is 5.10 Å². The van der Waals surface area contributed by atoms with Crippen LogP contribution in [0.3, 0.4) is 0 Å². The van der Waals surface area contributed by atoms with Crippen molar-refractivity contribution in [2.45, 2.75) is 6.92 Å². The van der Waals surface area contributed by atoms with Gasteiger partial charge < -0.3 is 10.1 Å². The Labute approximate surface area is 137 Å². The van der Waals surface area contributed by atoms with Gasteiger partial charge in [0, 0.05) is 0 Å². The summed E-state index contributed by atoms with van der Waals surface area (Å²) >= 11 is 1.54. The van der Waals surface area contributed by atoms with Gasteiger partial charge >= 0.3 is 0 Å². The Kier molecular flexibility index (Phi) is 3.59. The van der Waals surface area contributed by atoms with Crippen molar-refractivity contribution >= 4 is 32.2 Å². The summed E-state index contributed by atoms with van der Waals surface area (Å²) in [4.78, 5) is 5.29. The van der Waals surface area contributed by atoms with Gasteiger partial charge in [0.25, 0.3) is 0 Å². The highest BCUT2D eigenvalue weighted by Gasteiger charge is 2.05. The average molecular weight is 324 g/mol. The van der Waals surface area contributed by atoms with Gasteiger partial charge in [-0.2, -0.15) is 0 Å². The smallest absolute Gasteiger partial charge is 0.214 e. The molecule has 5 nitrogen and oxygen atoms in total. The molecule has 4 aromatic rings. The molecule has 0 fully saturated rings. The number of hydrogen-bond donors (Lipinski definition) is 1. The maximum absolute atomic E-state index is 5.80. The maximum atomic E-state index is 5.80. The van der Waals surface area contributed by atoms with Crippen molar-refractivity contribution in [1.29, 1.82) is 0 Å². The van der Waals surface area contributed by atoms with Crippen molar-refractivity contribution in [2.75, 3.05) is 18.5 Å². The largest absolute Gasteiger partial charge is 0.492 e. The van der Waals surface area contributed by atoms with Crippen LogP contribution in [0.15, 0.2) is 48.7 Å². The number of aromatic nitrogens is 3. The minimum absolute atomic E-state index is 0.583. The van der Waals surface area contributed by atoms with Crippen LogP contribution < -0.4 is 10.1 Å². The van der Waals surface area contributed by atoms with Crippen LogP contribution in [0.5, 0.6) is 5.75 Å². The van der Waals surface area contributed by atoms with Crippen LogP contribution in [0.4, 0.5) is 5.13 Å². The maximum Gasteiger partial charge on any atom is 0.214 e. The van der Waals surface area contributed by atoms with E-state index in [-0.39, 0.29) is 0 Å². The summed E-state index contributed by atoms with van der Waals surface area (Å²) in [6.07, 6.45) is 1.92. The molecule has 4 rings (SSSR count). The summed E-state index contributed by atoms with van der Waals surface area (Å²) in [7, 11) is 0. The van der Waals surface area contributed by atoms with E-state index in [0.717, 1.165) is 21.5 Å². The predicted molar refractivity (Wildman–Crippen MR) is 93.5 cm³/mol. The fourth-order valence-corrected chi connectivity index (χ4v) is 3.32. The number of hydrogen-bond acceptors (Lipinski definition) is 5. The topological polar surface area (TPSA) is 51.5 Å². The van der Waals surface area contributed by atoms with Gasteiger partial charge in [-0.05, 0) is 29.8 Å². The fourth-order valence-electron chi connectivity index (χ4n) is 2.46. The van der Waals surface area contributed by atoms with E-state index in [9.17, 15) is 0 Å². The molecule has 0 saturated carbocycles. The highest BCUT2D eigenvalue weighted by Crippen LogP contribution is 2.21. The van der Waals surface area contributed by atoms with Gasteiger partial charge in [0.2, 0.25) is 10.1 Å². The highest BCUT2D eigenvalue weighted by molar-refractivity contribution is 7.20. The number of imidazole rings is 1. The molecule has 0 amide bonds. The first-order valence-electron chi connectivity index (χ1n) is 7.46. The minimum Gasteiger partial charge on any atom is -0.492 e. The molecule has 0 atom stereocenters. The number of aryl methyl sites for hydroxylation is 1. The molecular formula is C17H16N4OS. The second kappa shape index (κ2) is 5.89. The van der Waals surface area contributed by atoms with E-state index in [0.29, 0.717) is 13.2 Å². The zero-order valence-corrected chi connectivity index (χ0v) is 13.5. The average Bonchev–Trinajstić information content (AvgIpc) is 3.08. The molecule has 0 radical (unpaired) electrons. The van der Waals surface area contributed by atoms with Crippen molar-refractivity contribution in [3.05, 3.63) is 54.4 Å². The molecular weight excluding hydrogens is 308 g/mol. The van der Waals surface area contributed by atoms with E-state index >= 15 is 0 Å².